The largest absolute Gasteiger partial charge is 0.395 e. The molecule has 0 fully saturated rings. The van der Waals surface area contributed by atoms with Crippen LogP contribution in [0.15, 0.2) is 24.5 Å². The minimum atomic E-state index is -0.329. The number of halogens is 1. The molecule has 15 heavy (non-hydrogen) atoms. The SMILES string of the molecule is OCCNc1ncnc2ccc(F)cc12. The molecule has 1 heterocycles. The first kappa shape index (κ1) is 9.79. The van der Waals surface area contributed by atoms with Gasteiger partial charge in [0.1, 0.15) is 18.0 Å². The molecule has 0 aliphatic rings. The van der Waals surface area contributed by atoms with Crippen LogP contribution in [0.5, 0.6) is 0 Å². The van der Waals surface area contributed by atoms with Gasteiger partial charge in [0.2, 0.25) is 0 Å². The summed E-state index contributed by atoms with van der Waals surface area (Å²) in [5.41, 5.74) is 0.673. The molecule has 2 rings (SSSR count). The molecular formula is C10H10FN3O. The quantitative estimate of drug-likeness (QED) is 0.793. The molecule has 0 amide bonds. The van der Waals surface area contributed by atoms with E-state index in [-0.39, 0.29) is 12.4 Å². The van der Waals surface area contributed by atoms with Crippen molar-refractivity contribution in [3.63, 3.8) is 0 Å². The van der Waals surface area contributed by atoms with Crippen molar-refractivity contribution in [3.8, 4) is 0 Å². The highest BCUT2D eigenvalue weighted by Gasteiger charge is 2.03. The molecule has 0 atom stereocenters. The minimum Gasteiger partial charge on any atom is -0.395 e. The van der Waals surface area contributed by atoms with Crippen molar-refractivity contribution in [3.05, 3.63) is 30.3 Å². The fraction of sp³-hybridized carbons (Fsp3) is 0.200. The molecule has 1 aromatic heterocycles. The Balaban J connectivity index is 2.48. The third kappa shape index (κ3) is 2.02. The third-order valence-corrected chi connectivity index (χ3v) is 2.00. The molecule has 78 valence electrons. The Kier molecular flexibility index (Phi) is 2.73. The van der Waals surface area contributed by atoms with Gasteiger partial charge in [-0.25, -0.2) is 14.4 Å². The lowest BCUT2D eigenvalue weighted by molar-refractivity contribution is 0.311. The van der Waals surface area contributed by atoms with Crippen molar-refractivity contribution in [2.75, 3.05) is 18.5 Å². The van der Waals surface area contributed by atoms with Crippen molar-refractivity contribution in [2.24, 2.45) is 0 Å². The molecule has 2 N–H and O–H groups in total. The lowest BCUT2D eigenvalue weighted by atomic mass is 10.2. The summed E-state index contributed by atoms with van der Waals surface area (Å²) in [6.45, 7) is 0.378. The number of benzene rings is 1. The van der Waals surface area contributed by atoms with Crippen LogP contribution in [0.3, 0.4) is 0 Å². The van der Waals surface area contributed by atoms with Crippen LogP contribution in [0, 0.1) is 5.82 Å². The summed E-state index contributed by atoms with van der Waals surface area (Å²) in [5, 5.41) is 12.2. The van der Waals surface area contributed by atoms with E-state index in [4.69, 9.17) is 5.11 Å². The Hall–Kier alpha value is -1.75. The smallest absolute Gasteiger partial charge is 0.137 e. The Labute approximate surface area is 85.8 Å². The topological polar surface area (TPSA) is 58.0 Å². The zero-order chi connectivity index (χ0) is 10.7. The summed E-state index contributed by atoms with van der Waals surface area (Å²) >= 11 is 0. The average molecular weight is 207 g/mol. The number of aliphatic hydroxyl groups excluding tert-OH is 1. The number of nitrogens with one attached hydrogen (secondary N) is 1. The first-order valence-corrected chi connectivity index (χ1v) is 4.56. The second-order valence-corrected chi connectivity index (χ2v) is 3.03. The van der Waals surface area contributed by atoms with E-state index in [9.17, 15) is 4.39 Å². The minimum absolute atomic E-state index is 0.000805. The van der Waals surface area contributed by atoms with Crippen LogP contribution in [0.4, 0.5) is 10.2 Å². The van der Waals surface area contributed by atoms with Crippen LogP contribution in [0.25, 0.3) is 10.9 Å². The Morgan fingerprint density at radius 1 is 1.33 bits per heavy atom. The normalized spacial score (nSPS) is 10.5. The molecule has 0 aliphatic carbocycles. The summed E-state index contributed by atoms with van der Waals surface area (Å²) in [4.78, 5) is 8.00. The molecule has 5 heteroatoms. The van der Waals surface area contributed by atoms with Crippen LogP contribution in [-0.2, 0) is 0 Å². The van der Waals surface area contributed by atoms with Gasteiger partial charge in [-0.3, -0.25) is 0 Å². The van der Waals surface area contributed by atoms with Gasteiger partial charge < -0.3 is 10.4 Å². The molecule has 0 aliphatic heterocycles. The van der Waals surface area contributed by atoms with Gasteiger partial charge in [0.05, 0.1) is 12.1 Å². The maximum atomic E-state index is 13.0. The van der Waals surface area contributed by atoms with E-state index in [0.717, 1.165) is 0 Å². The summed E-state index contributed by atoms with van der Waals surface area (Å²) in [5.74, 6) is 0.206. The van der Waals surface area contributed by atoms with E-state index in [1.165, 1.54) is 18.5 Å². The summed E-state index contributed by atoms with van der Waals surface area (Å²) in [6, 6.07) is 4.32. The number of anilines is 1. The lowest BCUT2D eigenvalue weighted by Crippen LogP contribution is -2.07. The predicted molar refractivity (Wildman–Crippen MR) is 55.1 cm³/mol. The van der Waals surface area contributed by atoms with Crippen molar-refractivity contribution in [1.82, 2.24) is 9.97 Å². The van der Waals surface area contributed by atoms with Crippen molar-refractivity contribution in [1.29, 1.82) is 0 Å². The maximum absolute atomic E-state index is 13.0. The molecule has 0 radical (unpaired) electrons. The van der Waals surface area contributed by atoms with Crippen LogP contribution in [-0.4, -0.2) is 28.2 Å². The zero-order valence-corrected chi connectivity index (χ0v) is 7.94. The lowest BCUT2D eigenvalue weighted by Gasteiger charge is -2.06. The molecule has 0 spiro atoms. The van der Waals surface area contributed by atoms with Gasteiger partial charge in [-0.1, -0.05) is 0 Å². The van der Waals surface area contributed by atoms with E-state index < -0.39 is 0 Å². The number of hydrogen-bond acceptors (Lipinski definition) is 4. The van der Waals surface area contributed by atoms with Gasteiger partial charge in [-0.15, -0.1) is 0 Å². The fourth-order valence-corrected chi connectivity index (χ4v) is 1.34. The molecule has 1 aromatic carbocycles. The van der Waals surface area contributed by atoms with Crippen molar-refractivity contribution >= 4 is 16.7 Å². The average Bonchev–Trinajstić information content (AvgIpc) is 2.26. The standard InChI is InChI=1S/C10H10FN3O/c11-7-1-2-9-8(5-7)10(12-3-4-15)14-6-13-9/h1-2,5-6,15H,3-4H2,(H,12,13,14). The highest BCUT2D eigenvalue weighted by Crippen LogP contribution is 2.19. The van der Waals surface area contributed by atoms with E-state index in [1.807, 2.05) is 0 Å². The van der Waals surface area contributed by atoms with Gasteiger partial charge >= 0.3 is 0 Å². The number of hydrogen-bond donors (Lipinski definition) is 2. The Bertz CT molecular complexity index is 475. The van der Waals surface area contributed by atoms with E-state index in [0.29, 0.717) is 23.3 Å². The van der Waals surface area contributed by atoms with Crippen LogP contribution in [0.1, 0.15) is 0 Å². The fourth-order valence-electron chi connectivity index (χ4n) is 1.34. The molecule has 0 unspecified atom stereocenters. The van der Waals surface area contributed by atoms with Crippen molar-refractivity contribution in [2.45, 2.75) is 0 Å². The second kappa shape index (κ2) is 4.18. The van der Waals surface area contributed by atoms with Crippen LogP contribution in [0.2, 0.25) is 0 Å². The van der Waals surface area contributed by atoms with E-state index in [1.54, 1.807) is 6.07 Å². The number of aliphatic hydroxyl groups is 1. The van der Waals surface area contributed by atoms with Gasteiger partial charge in [0.15, 0.2) is 0 Å². The van der Waals surface area contributed by atoms with Gasteiger partial charge in [-0.2, -0.15) is 0 Å². The molecular weight excluding hydrogens is 197 g/mol. The van der Waals surface area contributed by atoms with Crippen LogP contribution < -0.4 is 5.32 Å². The maximum Gasteiger partial charge on any atom is 0.137 e. The monoisotopic (exact) mass is 207 g/mol. The Morgan fingerprint density at radius 3 is 3.00 bits per heavy atom. The van der Waals surface area contributed by atoms with Gasteiger partial charge in [-0.05, 0) is 18.2 Å². The molecule has 0 bridgehead atoms. The second-order valence-electron chi connectivity index (χ2n) is 3.03. The highest BCUT2D eigenvalue weighted by atomic mass is 19.1. The first-order chi connectivity index (χ1) is 7.31. The molecule has 0 saturated carbocycles. The number of fused-ring (bicyclic) bond motifs is 1. The first-order valence-electron chi connectivity index (χ1n) is 4.56. The number of rotatable bonds is 3. The van der Waals surface area contributed by atoms with Gasteiger partial charge in [0, 0.05) is 11.9 Å². The zero-order valence-electron chi connectivity index (χ0n) is 7.94. The molecule has 4 nitrogen and oxygen atoms in total. The van der Waals surface area contributed by atoms with Crippen molar-refractivity contribution < 1.29 is 9.50 Å². The summed E-state index contributed by atoms with van der Waals surface area (Å²) < 4.78 is 13.0. The number of aromatic nitrogens is 2. The molecule has 0 saturated heterocycles. The predicted octanol–water partition coefficient (Wildman–Crippen LogP) is 1.17. The summed E-state index contributed by atoms with van der Waals surface area (Å²) in [7, 11) is 0. The third-order valence-electron chi connectivity index (χ3n) is 2.00. The van der Waals surface area contributed by atoms with Crippen LogP contribution >= 0.6 is 0 Å². The van der Waals surface area contributed by atoms with E-state index in [2.05, 4.69) is 15.3 Å². The number of nitrogens with zero attached hydrogens (tertiary/aromatic N) is 2. The Morgan fingerprint density at radius 2 is 2.20 bits per heavy atom. The molecule has 2 aromatic rings. The summed E-state index contributed by atoms with van der Waals surface area (Å²) in [6.07, 6.45) is 1.40. The highest BCUT2D eigenvalue weighted by molar-refractivity contribution is 5.88. The van der Waals surface area contributed by atoms with E-state index >= 15 is 0 Å². The van der Waals surface area contributed by atoms with Gasteiger partial charge in [0.25, 0.3) is 0 Å².